The highest BCUT2D eigenvalue weighted by atomic mass is 35.5. The van der Waals surface area contributed by atoms with Crippen molar-refractivity contribution < 1.29 is 23.4 Å². The number of hydrogen-bond acceptors (Lipinski definition) is 4. The molecule has 0 aliphatic heterocycles. The third-order valence-corrected chi connectivity index (χ3v) is 4.28. The number of rotatable bonds is 6. The number of carboxylic acid groups (broad SMARTS) is 1. The lowest BCUT2D eigenvalue weighted by molar-refractivity contribution is 0.0696. The highest BCUT2D eigenvalue weighted by Crippen LogP contribution is 2.24. The van der Waals surface area contributed by atoms with Crippen LogP contribution in [0, 0.1) is 6.92 Å². The van der Waals surface area contributed by atoms with Gasteiger partial charge in [-0.05, 0) is 31.0 Å². The predicted octanol–water partition coefficient (Wildman–Crippen LogP) is 1.01. The van der Waals surface area contributed by atoms with E-state index in [1.807, 2.05) is 0 Å². The number of aliphatic hydroxyl groups is 1. The summed E-state index contributed by atoms with van der Waals surface area (Å²) in [4.78, 5) is 10.8. The number of halogens is 1. The minimum Gasteiger partial charge on any atom is -0.478 e. The van der Waals surface area contributed by atoms with Crippen molar-refractivity contribution in [3.8, 4) is 0 Å². The Morgan fingerprint density at radius 1 is 1.42 bits per heavy atom. The number of benzene rings is 1. The van der Waals surface area contributed by atoms with Crippen LogP contribution in [-0.2, 0) is 10.0 Å². The van der Waals surface area contributed by atoms with Crippen LogP contribution in [-0.4, -0.2) is 37.8 Å². The van der Waals surface area contributed by atoms with Crippen LogP contribution in [0.2, 0.25) is 5.02 Å². The van der Waals surface area contributed by atoms with E-state index in [-0.39, 0.29) is 40.6 Å². The fraction of sp³-hybridized carbons (Fsp3) is 0.364. The SMILES string of the molecule is Cc1c(C(=O)O)cc(Cl)cc1S(=O)(=O)NCCCO. The minimum absolute atomic E-state index is 0.0329. The first-order valence-electron chi connectivity index (χ1n) is 5.43. The van der Waals surface area contributed by atoms with Gasteiger partial charge < -0.3 is 10.2 Å². The normalized spacial score (nSPS) is 11.5. The van der Waals surface area contributed by atoms with Gasteiger partial charge in [0.15, 0.2) is 0 Å². The van der Waals surface area contributed by atoms with Gasteiger partial charge in [-0.1, -0.05) is 11.6 Å². The molecule has 106 valence electrons. The Hall–Kier alpha value is -1.15. The molecule has 0 heterocycles. The first kappa shape index (κ1) is 15.9. The second kappa shape index (κ2) is 6.33. The molecular formula is C11H14ClNO5S. The molecule has 0 fully saturated rings. The Bertz CT molecular complexity index is 585. The van der Waals surface area contributed by atoms with Gasteiger partial charge in [0.1, 0.15) is 0 Å². The molecule has 19 heavy (non-hydrogen) atoms. The Balaban J connectivity index is 3.23. The summed E-state index contributed by atoms with van der Waals surface area (Å²) in [7, 11) is -3.85. The van der Waals surface area contributed by atoms with Gasteiger partial charge >= 0.3 is 5.97 Å². The topological polar surface area (TPSA) is 104 Å². The summed E-state index contributed by atoms with van der Waals surface area (Å²) in [5.41, 5.74) is -0.0385. The Morgan fingerprint density at radius 2 is 2.05 bits per heavy atom. The number of carboxylic acids is 1. The summed E-state index contributed by atoms with van der Waals surface area (Å²) < 4.78 is 26.3. The molecule has 0 atom stereocenters. The molecule has 0 amide bonds. The Kier molecular flexibility index (Phi) is 5.30. The zero-order valence-electron chi connectivity index (χ0n) is 10.2. The zero-order valence-corrected chi connectivity index (χ0v) is 11.8. The van der Waals surface area contributed by atoms with Crippen LogP contribution in [0.25, 0.3) is 0 Å². The van der Waals surface area contributed by atoms with E-state index in [2.05, 4.69) is 4.72 Å². The maximum absolute atomic E-state index is 12.0. The van der Waals surface area contributed by atoms with Crippen LogP contribution in [0.15, 0.2) is 17.0 Å². The van der Waals surface area contributed by atoms with Crippen LogP contribution in [0.3, 0.4) is 0 Å². The van der Waals surface area contributed by atoms with Gasteiger partial charge in [0.2, 0.25) is 10.0 Å². The molecule has 0 aliphatic rings. The van der Waals surface area contributed by atoms with E-state index >= 15 is 0 Å². The van der Waals surface area contributed by atoms with Crippen molar-refractivity contribution in [2.75, 3.05) is 13.2 Å². The van der Waals surface area contributed by atoms with E-state index in [1.54, 1.807) is 0 Å². The van der Waals surface area contributed by atoms with E-state index < -0.39 is 16.0 Å². The summed E-state index contributed by atoms with van der Waals surface area (Å²) >= 11 is 5.74. The number of nitrogens with one attached hydrogen (secondary N) is 1. The second-order valence-electron chi connectivity index (χ2n) is 3.86. The van der Waals surface area contributed by atoms with Crippen molar-refractivity contribution >= 4 is 27.6 Å². The molecule has 6 nitrogen and oxygen atoms in total. The number of aromatic carboxylic acids is 1. The van der Waals surface area contributed by atoms with Gasteiger partial charge in [0.05, 0.1) is 10.5 Å². The van der Waals surface area contributed by atoms with Gasteiger partial charge in [0.25, 0.3) is 0 Å². The lowest BCUT2D eigenvalue weighted by Gasteiger charge is -2.11. The summed E-state index contributed by atoms with van der Waals surface area (Å²) in [5, 5.41) is 17.6. The average Bonchev–Trinajstić information content (AvgIpc) is 2.31. The Morgan fingerprint density at radius 3 is 2.58 bits per heavy atom. The van der Waals surface area contributed by atoms with Gasteiger partial charge in [0, 0.05) is 18.2 Å². The van der Waals surface area contributed by atoms with E-state index in [0.29, 0.717) is 0 Å². The molecule has 0 aromatic heterocycles. The third kappa shape index (κ3) is 3.90. The quantitative estimate of drug-likeness (QED) is 0.680. The average molecular weight is 308 g/mol. The van der Waals surface area contributed by atoms with Gasteiger partial charge in [-0.2, -0.15) is 0 Å². The number of aliphatic hydroxyl groups excluding tert-OH is 1. The van der Waals surface area contributed by atoms with E-state index in [9.17, 15) is 13.2 Å². The maximum atomic E-state index is 12.0. The van der Waals surface area contributed by atoms with Crippen LogP contribution < -0.4 is 4.72 Å². The zero-order chi connectivity index (χ0) is 14.6. The number of sulfonamides is 1. The van der Waals surface area contributed by atoms with Crippen molar-refractivity contribution in [3.05, 3.63) is 28.3 Å². The molecule has 0 aliphatic carbocycles. The highest BCUT2D eigenvalue weighted by Gasteiger charge is 2.21. The molecule has 1 aromatic rings. The molecule has 1 rings (SSSR count). The highest BCUT2D eigenvalue weighted by molar-refractivity contribution is 7.89. The van der Waals surface area contributed by atoms with E-state index in [1.165, 1.54) is 19.1 Å². The second-order valence-corrected chi connectivity index (χ2v) is 6.03. The molecule has 0 saturated heterocycles. The van der Waals surface area contributed by atoms with Crippen molar-refractivity contribution in [2.24, 2.45) is 0 Å². The van der Waals surface area contributed by atoms with Crippen LogP contribution in [0.1, 0.15) is 22.3 Å². The van der Waals surface area contributed by atoms with E-state index in [4.69, 9.17) is 21.8 Å². The maximum Gasteiger partial charge on any atom is 0.336 e. The first-order valence-corrected chi connectivity index (χ1v) is 7.29. The van der Waals surface area contributed by atoms with Crippen molar-refractivity contribution in [3.63, 3.8) is 0 Å². The summed E-state index contributed by atoms with van der Waals surface area (Å²) in [6, 6.07) is 2.40. The van der Waals surface area contributed by atoms with Crippen LogP contribution in [0.5, 0.6) is 0 Å². The van der Waals surface area contributed by atoms with Crippen molar-refractivity contribution in [1.82, 2.24) is 4.72 Å². The van der Waals surface area contributed by atoms with Crippen molar-refractivity contribution in [2.45, 2.75) is 18.2 Å². The molecule has 1 aromatic carbocycles. The molecule has 0 spiro atoms. The summed E-state index contributed by atoms with van der Waals surface area (Å²) in [6.45, 7) is 1.32. The smallest absolute Gasteiger partial charge is 0.336 e. The third-order valence-electron chi connectivity index (χ3n) is 2.47. The largest absolute Gasteiger partial charge is 0.478 e. The lowest BCUT2D eigenvalue weighted by atomic mass is 10.1. The first-order chi connectivity index (χ1) is 8.79. The molecule has 0 bridgehead atoms. The van der Waals surface area contributed by atoms with Gasteiger partial charge in [-0.15, -0.1) is 0 Å². The molecule has 8 heteroatoms. The lowest BCUT2D eigenvalue weighted by Crippen LogP contribution is -2.26. The Labute approximate surface area is 116 Å². The fourth-order valence-corrected chi connectivity index (χ4v) is 3.17. The molecular weight excluding hydrogens is 294 g/mol. The van der Waals surface area contributed by atoms with Crippen LogP contribution >= 0.6 is 11.6 Å². The summed E-state index contributed by atoms with van der Waals surface area (Å²) in [5.74, 6) is -1.24. The van der Waals surface area contributed by atoms with Gasteiger partial charge in [-0.25, -0.2) is 17.9 Å². The minimum atomic E-state index is -3.85. The predicted molar refractivity (Wildman–Crippen MR) is 70.0 cm³/mol. The standard InChI is InChI=1S/C11H14ClNO5S/c1-7-9(11(15)16)5-8(12)6-10(7)19(17,18)13-3-2-4-14/h5-6,13-14H,2-4H2,1H3,(H,15,16). The summed E-state index contributed by atoms with van der Waals surface area (Å²) in [6.07, 6.45) is 0.268. The molecule has 0 unspecified atom stereocenters. The molecule has 0 radical (unpaired) electrons. The fourth-order valence-electron chi connectivity index (χ4n) is 1.52. The number of carbonyl (C=O) groups is 1. The molecule has 0 saturated carbocycles. The van der Waals surface area contributed by atoms with Crippen molar-refractivity contribution in [1.29, 1.82) is 0 Å². The van der Waals surface area contributed by atoms with E-state index in [0.717, 1.165) is 0 Å². The number of hydrogen-bond donors (Lipinski definition) is 3. The van der Waals surface area contributed by atoms with Crippen LogP contribution in [0.4, 0.5) is 0 Å². The molecule has 3 N–H and O–H groups in total. The van der Waals surface area contributed by atoms with Gasteiger partial charge in [-0.3, -0.25) is 0 Å². The monoisotopic (exact) mass is 307 g/mol.